The summed E-state index contributed by atoms with van der Waals surface area (Å²) in [6.07, 6.45) is 0.730. The van der Waals surface area contributed by atoms with Crippen LogP contribution in [-0.2, 0) is 9.53 Å². The number of rotatable bonds is 4. The van der Waals surface area contributed by atoms with Crippen LogP contribution in [0.2, 0.25) is 0 Å². The van der Waals surface area contributed by atoms with Crippen molar-refractivity contribution in [2.75, 3.05) is 12.4 Å². The van der Waals surface area contributed by atoms with Crippen LogP contribution >= 0.6 is 0 Å². The van der Waals surface area contributed by atoms with Crippen LogP contribution in [0.3, 0.4) is 0 Å². The summed E-state index contributed by atoms with van der Waals surface area (Å²) in [4.78, 5) is 11.8. The van der Waals surface area contributed by atoms with E-state index in [0.29, 0.717) is 0 Å². The van der Waals surface area contributed by atoms with Gasteiger partial charge in [0.1, 0.15) is 6.04 Å². The standard InChI is InChI=1S/C15H23NO2/c1-11-8-6-7-9-12(11)16-13(14(17)18-5)10-15(2,3)4/h6-9,13,16H,10H2,1-5H3. The molecule has 0 heterocycles. The SMILES string of the molecule is COC(=O)C(CC(C)(C)C)Nc1ccccc1C. The Balaban J connectivity index is 2.85. The van der Waals surface area contributed by atoms with Crippen molar-refractivity contribution in [2.24, 2.45) is 5.41 Å². The average molecular weight is 249 g/mol. The first kappa shape index (κ1) is 14.6. The second-order valence-corrected chi connectivity index (χ2v) is 5.80. The number of para-hydroxylation sites is 1. The Kier molecular flexibility index (Phi) is 4.76. The van der Waals surface area contributed by atoms with Gasteiger partial charge in [-0.05, 0) is 30.4 Å². The maximum Gasteiger partial charge on any atom is 0.328 e. The molecule has 100 valence electrons. The van der Waals surface area contributed by atoms with Gasteiger partial charge in [0, 0.05) is 5.69 Å². The van der Waals surface area contributed by atoms with E-state index in [4.69, 9.17) is 4.74 Å². The predicted octanol–water partition coefficient (Wildman–Crippen LogP) is 3.38. The summed E-state index contributed by atoms with van der Waals surface area (Å²) in [7, 11) is 1.43. The molecule has 1 aromatic carbocycles. The van der Waals surface area contributed by atoms with Crippen LogP contribution in [0.5, 0.6) is 0 Å². The summed E-state index contributed by atoms with van der Waals surface area (Å²) in [6, 6.07) is 7.64. The van der Waals surface area contributed by atoms with Gasteiger partial charge in [0.15, 0.2) is 0 Å². The molecule has 3 nitrogen and oxygen atoms in total. The molecule has 0 amide bonds. The quantitative estimate of drug-likeness (QED) is 0.831. The average Bonchev–Trinajstić information content (AvgIpc) is 2.28. The molecule has 0 aromatic heterocycles. The van der Waals surface area contributed by atoms with Crippen molar-refractivity contribution in [2.45, 2.75) is 40.2 Å². The summed E-state index contributed by atoms with van der Waals surface area (Å²) < 4.78 is 4.87. The Morgan fingerprint density at radius 3 is 2.44 bits per heavy atom. The van der Waals surface area contributed by atoms with Crippen molar-refractivity contribution in [3.05, 3.63) is 29.8 Å². The molecule has 0 bridgehead atoms. The number of methoxy groups -OCH3 is 1. The van der Waals surface area contributed by atoms with Crippen LogP contribution in [0.15, 0.2) is 24.3 Å². The highest BCUT2D eigenvalue weighted by atomic mass is 16.5. The highest BCUT2D eigenvalue weighted by molar-refractivity contribution is 5.79. The second kappa shape index (κ2) is 5.89. The third kappa shape index (κ3) is 4.40. The lowest BCUT2D eigenvalue weighted by atomic mass is 9.88. The van der Waals surface area contributed by atoms with Gasteiger partial charge in [-0.15, -0.1) is 0 Å². The number of anilines is 1. The van der Waals surface area contributed by atoms with Crippen molar-refractivity contribution in [1.29, 1.82) is 0 Å². The molecule has 0 saturated carbocycles. The van der Waals surface area contributed by atoms with Gasteiger partial charge in [-0.3, -0.25) is 0 Å². The maximum atomic E-state index is 11.8. The lowest BCUT2D eigenvalue weighted by molar-refractivity contribution is -0.142. The highest BCUT2D eigenvalue weighted by Gasteiger charge is 2.25. The molecule has 0 spiro atoms. The number of nitrogens with one attached hydrogen (secondary N) is 1. The van der Waals surface area contributed by atoms with E-state index in [1.807, 2.05) is 31.2 Å². The molecule has 0 aliphatic heterocycles. The van der Waals surface area contributed by atoms with Crippen LogP contribution in [0, 0.1) is 12.3 Å². The van der Waals surface area contributed by atoms with Crippen molar-refractivity contribution in [3.63, 3.8) is 0 Å². The molecule has 1 N–H and O–H groups in total. The molecular weight excluding hydrogens is 226 g/mol. The molecule has 1 atom stereocenters. The molecule has 0 aliphatic rings. The topological polar surface area (TPSA) is 38.3 Å². The summed E-state index contributed by atoms with van der Waals surface area (Å²) >= 11 is 0. The molecule has 1 rings (SSSR count). The first-order chi connectivity index (χ1) is 8.33. The third-order valence-electron chi connectivity index (χ3n) is 2.78. The molecule has 3 heteroatoms. The van der Waals surface area contributed by atoms with E-state index in [2.05, 4.69) is 26.1 Å². The van der Waals surface area contributed by atoms with Crippen molar-refractivity contribution in [3.8, 4) is 0 Å². The van der Waals surface area contributed by atoms with Crippen molar-refractivity contribution < 1.29 is 9.53 Å². The van der Waals surface area contributed by atoms with Crippen LogP contribution in [0.25, 0.3) is 0 Å². The fourth-order valence-electron chi connectivity index (χ4n) is 1.87. The Morgan fingerprint density at radius 1 is 1.33 bits per heavy atom. The Hall–Kier alpha value is -1.51. The molecule has 1 aromatic rings. The van der Waals surface area contributed by atoms with E-state index in [1.165, 1.54) is 7.11 Å². The van der Waals surface area contributed by atoms with E-state index < -0.39 is 0 Å². The minimum atomic E-state index is -0.309. The molecule has 0 radical (unpaired) electrons. The van der Waals surface area contributed by atoms with Gasteiger partial charge >= 0.3 is 5.97 Å². The third-order valence-corrected chi connectivity index (χ3v) is 2.78. The Morgan fingerprint density at radius 2 is 1.94 bits per heavy atom. The fraction of sp³-hybridized carbons (Fsp3) is 0.533. The number of hydrogen-bond acceptors (Lipinski definition) is 3. The summed E-state index contributed by atoms with van der Waals surface area (Å²) in [5, 5.41) is 3.28. The van der Waals surface area contributed by atoms with Crippen molar-refractivity contribution in [1.82, 2.24) is 0 Å². The first-order valence-corrected chi connectivity index (χ1v) is 6.23. The molecule has 18 heavy (non-hydrogen) atoms. The molecule has 0 fully saturated rings. The van der Waals surface area contributed by atoms with E-state index >= 15 is 0 Å². The van der Waals surface area contributed by atoms with Gasteiger partial charge < -0.3 is 10.1 Å². The van der Waals surface area contributed by atoms with E-state index in [1.54, 1.807) is 0 Å². The Bertz CT molecular complexity index is 407. The fourth-order valence-corrected chi connectivity index (χ4v) is 1.87. The predicted molar refractivity (Wildman–Crippen MR) is 74.7 cm³/mol. The summed E-state index contributed by atoms with van der Waals surface area (Å²) in [6.45, 7) is 8.36. The zero-order chi connectivity index (χ0) is 13.8. The smallest absolute Gasteiger partial charge is 0.328 e. The number of hydrogen-bond donors (Lipinski definition) is 1. The number of carbonyl (C=O) groups excluding carboxylic acids is 1. The van der Waals surface area contributed by atoms with Crippen LogP contribution < -0.4 is 5.32 Å². The zero-order valence-electron chi connectivity index (χ0n) is 11.9. The van der Waals surface area contributed by atoms with Gasteiger partial charge in [-0.2, -0.15) is 0 Å². The largest absolute Gasteiger partial charge is 0.467 e. The van der Waals surface area contributed by atoms with Crippen LogP contribution in [0.4, 0.5) is 5.69 Å². The minimum absolute atomic E-state index is 0.0640. The monoisotopic (exact) mass is 249 g/mol. The number of carbonyl (C=O) groups is 1. The maximum absolute atomic E-state index is 11.8. The highest BCUT2D eigenvalue weighted by Crippen LogP contribution is 2.24. The second-order valence-electron chi connectivity index (χ2n) is 5.80. The van der Waals surface area contributed by atoms with E-state index in [9.17, 15) is 4.79 Å². The van der Waals surface area contributed by atoms with Gasteiger partial charge in [-0.25, -0.2) is 4.79 Å². The lowest BCUT2D eigenvalue weighted by Gasteiger charge is -2.26. The van der Waals surface area contributed by atoms with Gasteiger partial charge in [0.2, 0.25) is 0 Å². The molecular formula is C15H23NO2. The van der Waals surface area contributed by atoms with Crippen molar-refractivity contribution >= 4 is 11.7 Å². The van der Waals surface area contributed by atoms with Crippen LogP contribution in [0.1, 0.15) is 32.8 Å². The zero-order valence-corrected chi connectivity index (χ0v) is 11.9. The number of esters is 1. The molecule has 0 aliphatic carbocycles. The normalized spacial score (nSPS) is 12.9. The molecule has 0 saturated heterocycles. The van der Waals surface area contributed by atoms with Gasteiger partial charge in [0.05, 0.1) is 7.11 Å². The number of aryl methyl sites for hydroxylation is 1. The molecule has 1 unspecified atom stereocenters. The minimum Gasteiger partial charge on any atom is -0.467 e. The number of benzene rings is 1. The lowest BCUT2D eigenvalue weighted by Crippen LogP contribution is -2.34. The van der Waals surface area contributed by atoms with Crippen LogP contribution in [-0.4, -0.2) is 19.1 Å². The Labute approximate surface area is 110 Å². The summed E-state index contributed by atoms with van der Waals surface area (Å²) in [5.41, 5.74) is 2.17. The van der Waals surface area contributed by atoms with E-state index in [-0.39, 0.29) is 17.4 Å². The summed E-state index contributed by atoms with van der Waals surface area (Å²) in [5.74, 6) is -0.215. The van der Waals surface area contributed by atoms with Gasteiger partial charge in [-0.1, -0.05) is 39.0 Å². The van der Waals surface area contributed by atoms with E-state index in [0.717, 1.165) is 17.7 Å². The number of ether oxygens (including phenoxy) is 1. The first-order valence-electron chi connectivity index (χ1n) is 6.23. The van der Waals surface area contributed by atoms with Gasteiger partial charge in [0.25, 0.3) is 0 Å².